The number of carbonyl (C=O) groups is 2. The van der Waals surface area contributed by atoms with Crippen molar-refractivity contribution in [2.24, 2.45) is 0 Å². The smallest absolute Gasteiger partial charge is 0.257 e. The molecule has 0 spiro atoms. The number of amides is 2. The van der Waals surface area contributed by atoms with E-state index >= 15 is 0 Å². The van der Waals surface area contributed by atoms with Crippen molar-refractivity contribution in [1.29, 1.82) is 0 Å². The Bertz CT molecular complexity index is 947. The number of rotatable bonds is 9. The van der Waals surface area contributed by atoms with E-state index in [9.17, 15) is 9.59 Å². The first kappa shape index (κ1) is 23.5. The van der Waals surface area contributed by atoms with Gasteiger partial charge in [0.05, 0.1) is 36.6 Å². The van der Waals surface area contributed by atoms with Gasteiger partial charge in [-0.2, -0.15) is 0 Å². The van der Waals surface area contributed by atoms with E-state index in [4.69, 9.17) is 4.74 Å². The monoisotopic (exact) mass is 439 g/mol. The Hall–Kier alpha value is -3.13. The van der Waals surface area contributed by atoms with E-state index in [1.165, 1.54) is 0 Å². The van der Waals surface area contributed by atoms with Gasteiger partial charge in [-0.1, -0.05) is 12.1 Å². The predicted molar refractivity (Wildman–Crippen MR) is 125 cm³/mol. The summed E-state index contributed by atoms with van der Waals surface area (Å²) < 4.78 is 5.90. The summed E-state index contributed by atoms with van der Waals surface area (Å²) in [6.07, 6.45) is 1.75. The maximum atomic E-state index is 13.1. The number of anilines is 1. The SMILES string of the molecule is CCN1CCOc2c(NCC(=O)N(CCN(C)C)Cc3ncccc3C)cccc2C1=O. The van der Waals surface area contributed by atoms with Crippen molar-refractivity contribution in [3.8, 4) is 5.75 Å². The Balaban J connectivity index is 1.74. The predicted octanol–water partition coefficient (Wildman–Crippen LogP) is 2.25. The first-order chi connectivity index (χ1) is 15.4. The van der Waals surface area contributed by atoms with E-state index in [0.717, 1.165) is 17.8 Å². The van der Waals surface area contributed by atoms with Crippen LogP contribution in [0, 0.1) is 6.92 Å². The first-order valence-electron chi connectivity index (χ1n) is 11.0. The number of carbonyl (C=O) groups excluding carboxylic acids is 2. The van der Waals surface area contributed by atoms with Crippen molar-refractivity contribution in [2.75, 3.05) is 58.7 Å². The molecule has 2 amide bonds. The number of aryl methyl sites for hydroxylation is 1. The molecule has 1 aliphatic rings. The number of likely N-dealkylation sites (N-methyl/N-ethyl adjacent to an activating group) is 2. The average Bonchev–Trinajstić information content (AvgIpc) is 2.94. The van der Waals surface area contributed by atoms with Gasteiger partial charge in [0.2, 0.25) is 5.91 Å². The molecule has 0 saturated heterocycles. The summed E-state index contributed by atoms with van der Waals surface area (Å²) in [7, 11) is 3.97. The van der Waals surface area contributed by atoms with Crippen molar-refractivity contribution in [3.63, 3.8) is 0 Å². The Morgan fingerprint density at radius 1 is 1.22 bits per heavy atom. The molecule has 1 aliphatic heterocycles. The lowest BCUT2D eigenvalue weighted by atomic mass is 10.1. The number of benzene rings is 1. The Morgan fingerprint density at radius 3 is 2.75 bits per heavy atom. The van der Waals surface area contributed by atoms with Crippen LogP contribution < -0.4 is 10.1 Å². The summed E-state index contributed by atoms with van der Waals surface area (Å²) in [5.74, 6) is 0.430. The third kappa shape index (κ3) is 5.76. The molecule has 3 rings (SSSR count). The van der Waals surface area contributed by atoms with Gasteiger partial charge in [0.1, 0.15) is 6.61 Å². The molecule has 0 saturated carbocycles. The highest BCUT2D eigenvalue weighted by atomic mass is 16.5. The molecular weight excluding hydrogens is 406 g/mol. The zero-order valence-corrected chi connectivity index (χ0v) is 19.4. The fourth-order valence-corrected chi connectivity index (χ4v) is 3.59. The number of aromatic nitrogens is 1. The highest BCUT2D eigenvalue weighted by Gasteiger charge is 2.25. The van der Waals surface area contributed by atoms with E-state index in [1.54, 1.807) is 17.2 Å². The van der Waals surface area contributed by atoms with Crippen LogP contribution in [0.4, 0.5) is 5.69 Å². The summed E-state index contributed by atoms with van der Waals surface area (Å²) in [5.41, 5.74) is 3.13. The molecule has 0 aliphatic carbocycles. The first-order valence-corrected chi connectivity index (χ1v) is 11.0. The van der Waals surface area contributed by atoms with Crippen LogP contribution >= 0.6 is 0 Å². The van der Waals surface area contributed by atoms with E-state index in [0.29, 0.717) is 49.8 Å². The van der Waals surface area contributed by atoms with Gasteiger partial charge in [0, 0.05) is 25.8 Å². The second kappa shape index (κ2) is 10.9. The molecule has 1 aromatic heterocycles. The molecule has 0 unspecified atom stereocenters. The van der Waals surface area contributed by atoms with Gasteiger partial charge in [-0.15, -0.1) is 0 Å². The van der Waals surface area contributed by atoms with Crippen LogP contribution in [0.2, 0.25) is 0 Å². The highest BCUT2D eigenvalue weighted by molar-refractivity contribution is 5.99. The molecule has 0 atom stereocenters. The zero-order chi connectivity index (χ0) is 23.1. The van der Waals surface area contributed by atoms with Crippen LogP contribution in [0.3, 0.4) is 0 Å². The van der Waals surface area contributed by atoms with E-state index < -0.39 is 0 Å². The molecular formula is C24H33N5O3. The maximum Gasteiger partial charge on any atom is 0.257 e. The number of fused-ring (bicyclic) bond motifs is 1. The van der Waals surface area contributed by atoms with Gasteiger partial charge in [0.25, 0.3) is 5.91 Å². The molecule has 2 heterocycles. The molecule has 0 bridgehead atoms. The second-order valence-corrected chi connectivity index (χ2v) is 8.15. The largest absolute Gasteiger partial charge is 0.489 e. The average molecular weight is 440 g/mol. The van der Waals surface area contributed by atoms with Crippen LogP contribution in [0.15, 0.2) is 36.5 Å². The van der Waals surface area contributed by atoms with E-state index in [1.807, 2.05) is 57.1 Å². The van der Waals surface area contributed by atoms with Gasteiger partial charge in [-0.3, -0.25) is 14.6 Å². The number of para-hydroxylation sites is 1. The molecule has 0 fully saturated rings. The molecule has 1 N–H and O–H groups in total. The zero-order valence-electron chi connectivity index (χ0n) is 19.4. The summed E-state index contributed by atoms with van der Waals surface area (Å²) in [4.78, 5) is 36.0. The van der Waals surface area contributed by atoms with Crippen LogP contribution in [0.1, 0.15) is 28.5 Å². The van der Waals surface area contributed by atoms with Crippen LogP contribution in [0.5, 0.6) is 5.75 Å². The summed E-state index contributed by atoms with van der Waals surface area (Å²) >= 11 is 0. The quantitative estimate of drug-likeness (QED) is 0.646. The minimum atomic E-state index is -0.0480. The Labute approximate surface area is 190 Å². The number of ether oxygens (including phenoxy) is 1. The second-order valence-electron chi connectivity index (χ2n) is 8.15. The van der Waals surface area contributed by atoms with Gasteiger partial charge in [-0.05, 0) is 51.7 Å². The number of hydrogen-bond acceptors (Lipinski definition) is 6. The van der Waals surface area contributed by atoms with Gasteiger partial charge < -0.3 is 24.8 Å². The van der Waals surface area contributed by atoms with Crippen molar-refractivity contribution < 1.29 is 14.3 Å². The van der Waals surface area contributed by atoms with Crippen molar-refractivity contribution in [1.82, 2.24) is 19.7 Å². The van der Waals surface area contributed by atoms with Crippen molar-refractivity contribution >= 4 is 17.5 Å². The highest BCUT2D eigenvalue weighted by Crippen LogP contribution is 2.31. The number of hydrogen-bond donors (Lipinski definition) is 1. The van der Waals surface area contributed by atoms with Gasteiger partial charge >= 0.3 is 0 Å². The normalized spacial score (nSPS) is 13.4. The van der Waals surface area contributed by atoms with Crippen LogP contribution in [0.25, 0.3) is 0 Å². The van der Waals surface area contributed by atoms with Crippen LogP contribution in [-0.4, -0.2) is 84.9 Å². The molecule has 1 aromatic carbocycles. The molecule has 2 aromatic rings. The molecule has 0 radical (unpaired) electrons. The van der Waals surface area contributed by atoms with Crippen molar-refractivity contribution in [2.45, 2.75) is 20.4 Å². The molecule has 172 valence electrons. The molecule has 32 heavy (non-hydrogen) atoms. The number of pyridine rings is 1. The minimum Gasteiger partial charge on any atom is -0.489 e. The lowest BCUT2D eigenvalue weighted by Crippen LogP contribution is -2.39. The maximum absolute atomic E-state index is 13.1. The minimum absolute atomic E-state index is 0.0374. The fourth-order valence-electron chi connectivity index (χ4n) is 3.59. The Morgan fingerprint density at radius 2 is 2.03 bits per heavy atom. The molecule has 8 heteroatoms. The topological polar surface area (TPSA) is 78.0 Å². The fraction of sp³-hybridized carbons (Fsp3) is 0.458. The third-order valence-corrected chi connectivity index (χ3v) is 5.58. The third-order valence-electron chi connectivity index (χ3n) is 5.58. The lowest BCUT2D eigenvalue weighted by Gasteiger charge is -2.25. The van der Waals surface area contributed by atoms with Crippen molar-refractivity contribution in [3.05, 3.63) is 53.3 Å². The van der Waals surface area contributed by atoms with E-state index in [-0.39, 0.29) is 18.4 Å². The number of nitrogens with zero attached hydrogens (tertiary/aromatic N) is 4. The summed E-state index contributed by atoms with van der Waals surface area (Å²) in [5, 5.41) is 3.20. The lowest BCUT2D eigenvalue weighted by molar-refractivity contribution is -0.130. The van der Waals surface area contributed by atoms with E-state index in [2.05, 4.69) is 15.2 Å². The Kier molecular flexibility index (Phi) is 8.05. The van der Waals surface area contributed by atoms with Gasteiger partial charge in [0.15, 0.2) is 5.75 Å². The molecule has 8 nitrogen and oxygen atoms in total. The summed E-state index contributed by atoms with van der Waals surface area (Å²) in [6, 6.07) is 9.32. The van der Waals surface area contributed by atoms with Crippen LogP contribution in [-0.2, 0) is 11.3 Å². The summed E-state index contributed by atoms with van der Waals surface area (Å²) in [6.45, 7) is 7.46. The van der Waals surface area contributed by atoms with Gasteiger partial charge in [-0.25, -0.2) is 0 Å². The number of nitrogens with one attached hydrogen (secondary N) is 1. The standard InChI is InChI=1S/C24H33N5O3/c1-5-28-14-15-32-23-19(24(28)31)9-6-10-20(23)26-16-22(30)29(13-12-27(3)4)17-21-18(2)8-7-11-25-21/h6-11,26H,5,12-17H2,1-4H3.